The summed E-state index contributed by atoms with van der Waals surface area (Å²) in [5.41, 5.74) is 3.92. The van der Waals surface area contributed by atoms with E-state index in [1.807, 2.05) is 19.1 Å². The fourth-order valence-corrected chi connectivity index (χ4v) is 3.32. The third-order valence-electron chi connectivity index (χ3n) is 4.59. The van der Waals surface area contributed by atoms with Gasteiger partial charge >= 0.3 is 0 Å². The number of ether oxygens (including phenoxy) is 1. The largest absolute Gasteiger partial charge is 0.430 e. The highest BCUT2D eigenvalue weighted by molar-refractivity contribution is 7.07. The Bertz CT molecular complexity index is 965. The van der Waals surface area contributed by atoms with Gasteiger partial charge in [0.2, 0.25) is 0 Å². The number of hydrogen-bond acceptors (Lipinski definition) is 5. The molecule has 0 radical (unpaired) electrons. The predicted octanol–water partition coefficient (Wildman–Crippen LogP) is 5.31. The van der Waals surface area contributed by atoms with Crippen LogP contribution in [0.2, 0.25) is 0 Å². The minimum absolute atomic E-state index is 0.0900. The Balaban J connectivity index is 1.66. The summed E-state index contributed by atoms with van der Waals surface area (Å²) in [7, 11) is 0. The maximum absolute atomic E-state index is 12.4. The van der Waals surface area contributed by atoms with Gasteiger partial charge < -0.3 is 10.1 Å². The average molecular weight is 410 g/mol. The lowest BCUT2D eigenvalue weighted by molar-refractivity contribution is 0.0951. The number of aryl methyl sites for hydroxylation is 2. The third kappa shape index (κ3) is 6.12. The molecule has 3 aromatic rings. The van der Waals surface area contributed by atoms with Crippen molar-refractivity contribution in [3.8, 4) is 10.9 Å². The summed E-state index contributed by atoms with van der Waals surface area (Å²) in [6.45, 7) is 8.96. The first-order valence-corrected chi connectivity index (χ1v) is 10.6. The standard InChI is InChI=1S/C23H27N3O2S/c1-15(2)11-12-24-22(27)19-10-7-17(4)20(14-19)28-23-25-21(26-29-23)13-18-8-5-16(3)6-9-18/h5-10,14-15H,11-13H2,1-4H3,(H,24,27). The van der Waals surface area contributed by atoms with Gasteiger partial charge in [-0.05, 0) is 49.4 Å². The number of carbonyl (C=O) groups is 1. The monoisotopic (exact) mass is 409 g/mol. The van der Waals surface area contributed by atoms with Crippen LogP contribution in [0.3, 0.4) is 0 Å². The number of carbonyl (C=O) groups excluding carboxylic acids is 1. The summed E-state index contributed by atoms with van der Waals surface area (Å²) in [6.07, 6.45) is 1.62. The zero-order valence-electron chi connectivity index (χ0n) is 17.4. The van der Waals surface area contributed by atoms with Gasteiger partial charge in [0.05, 0.1) is 0 Å². The molecule has 1 aromatic heterocycles. The predicted molar refractivity (Wildman–Crippen MR) is 117 cm³/mol. The van der Waals surface area contributed by atoms with E-state index in [-0.39, 0.29) is 5.91 Å². The molecule has 0 bridgehead atoms. The summed E-state index contributed by atoms with van der Waals surface area (Å²) < 4.78 is 10.3. The fraction of sp³-hybridized carbons (Fsp3) is 0.348. The van der Waals surface area contributed by atoms with E-state index in [9.17, 15) is 4.79 Å². The fourth-order valence-electron chi connectivity index (χ4n) is 2.76. The lowest BCUT2D eigenvalue weighted by Gasteiger charge is -2.10. The van der Waals surface area contributed by atoms with Crippen molar-refractivity contribution in [1.82, 2.24) is 14.7 Å². The lowest BCUT2D eigenvalue weighted by atomic mass is 10.1. The Morgan fingerprint density at radius 1 is 1.14 bits per heavy atom. The molecule has 0 fully saturated rings. The molecule has 5 nitrogen and oxygen atoms in total. The Morgan fingerprint density at radius 2 is 1.90 bits per heavy atom. The molecule has 0 spiro atoms. The minimum Gasteiger partial charge on any atom is -0.430 e. The topological polar surface area (TPSA) is 64.1 Å². The van der Waals surface area contributed by atoms with Crippen molar-refractivity contribution in [3.05, 3.63) is 70.5 Å². The van der Waals surface area contributed by atoms with Crippen molar-refractivity contribution >= 4 is 17.4 Å². The van der Waals surface area contributed by atoms with E-state index in [0.29, 0.717) is 35.4 Å². The van der Waals surface area contributed by atoms with Crippen LogP contribution in [-0.2, 0) is 6.42 Å². The van der Waals surface area contributed by atoms with E-state index in [4.69, 9.17) is 4.74 Å². The van der Waals surface area contributed by atoms with Crippen molar-refractivity contribution in [2.24, 2.45) is 5.92 Å². The van der Waals surface area contributed by atoms with Gasteiger partial charge in [0, 0.05) is 30.1 Å². The first kappa shape index (κ1) is 21.0. The van der Waals surface area contributed by atoms with Gasteiger partial charge in [-0.1, -0.05) is 49.7 Å². The molecule has 0 aliphatic carbocycles. The van der Waals surface area contributed by atoms with Crippen LogP contribution < -0.4 is 10.1 Å². The number of amides is 1. The van der Waals surface area contributed by atoms with Crippen molar-refractivity contribution < 1.29 is 9.53 Å². The second-order valence-electron chi connectivity index (χ2n) is 7.66. The van der Waals surface area contributed by atoms with Crippen LogP contribution in [0.15, 0.2) is 42.5 Å². The Hall–Kier alpha value is -2.73. The second-order valence-corrected chi connectivity index (χ2v) is 8.37. The summed E-state index contributed by atoms with van der Waals surface area (Å²) in [5.74, 6) is 1.82. The molecule has 29 heavy (non-hydrogen) atoms. The second kappa shape index (κ2) is 9.65. The van der Waals surface area contributed by atoms with Crippen LogP contribution in [0.5, 0.6) is 10.9 Å². The zero-order chi connectivity index (χ0) is 20.8. The van der Waals surface area contributed by atoms with Crippen LogP contribution in [0, 0.1) is 19.8 Å². The molecule has 0 aliphatic rings. The van der Waals surface area contributed by atoms with Crippen LogP contribution in [0.1, 0.15) is 53.1 Å². The smallest absolute Gasteiger partial charge is 0.298 e. The molecular formula is C23H27N3O2S. The van der Waals surface area contributed by atoms with Crippen molar-refractivity contribution in [2.45, 2.75) is 40.5 Å². The molecular weight excluding hydrogens is 382 g/mol. The number of nitrogens with zero attached hydrogens (tertiary/aromatic N) is 2. The van der Waals surface area contributed by atoms with Gasteiger partial charge in [-0.15, -0.1) is 0 Å². The van der Waals surface area contributed by atoms with Gasteiger partial charge in [-0.2, -0.15) is 9.36 Å². The Kier molecular flexibility index (Phi) is 6.99. The summed E-state index contributed by atoms with van der Waals surface area (Å²) in [4.78, 5) is 16.9. The van der Waals surface area contributed by atoms with Gasteiger partial charge in [0.15, 0.2) is 5.82 Å². The Labute approximate surface area is 176 Å². The minimum atomic E-state index is -0.0900. The highest BCUT2D eigenvalue weighted by Crippen LogP contribution is 2.28. The Morgan fingerprint density at radius 3 is 2.62 bits per heavy atom. The molecule has 0 aliphatic heterocycles. The lowest BCUT2D eigenvalue weighted by Crippen LogP contribution is -2.25. The third-order valence-corrected chi connectivity index (χ3v) is 5.22. The average Bonchev–Trinajstić information content (AvgIpc) is 3.12. The molecule has 0 saturated heterocycles. The molecule has 0 saturated carbocycles. The van der Waals surface area contributed by atoms with Crippen molar-refractivity contribution in [2.75, 3.05) is 6.54 Å². The van der Waals surface area contributed by atoms with Crippen LogP contribution in [0.25, 0.3) is 0 Å². The normalized spacial score (nSPS) is 10.9. The van der Waals surface area contributed by atoms with Gasteiger partial charge in [0.1, 0.15) is 5.75 Å². The molecule has 0 unspecified atom stereocenters. The number of hydrogen-bond donors (Lipinski definition) is 1. The summed E-state index contributed by atoms with van der Waals surface area (Å²) in [5, 5.41) is 3.44. The van der Waals surface area contributed by atoms with E-state index < -0.39 is 0 Å². The van der Waals surface area contributed by atoms with Gasteiger partial charge in [-0.25, -0.2) is 0 Å². The SMILES string of the molecule is Cc1ccc(Cc2nsc(Oc3cc(C(=O)NCCC(C)C)ccc3C)n2)cc1. The van der Waals surface area contributed by atoms with E-state index >= 15 is 0 Å². The zero-order valence-corrected chi connectivity index (χ0v) is 18.2. The number of aromatic nitrogens is 2. The van der Waals surface area contributed by atoms with E-state index in [1.54, 1.807) is 6.07 Å². The van der Waals surface area contributed by atoms with Crippen LogP contribution >= 0.6 is 11.5 Å². The molecule has 6 heteroatoms. The van der Waals surface area contributed by atoms with Crippen LogP contribution in [0.4, 0.5) is 0 Å². The molecule has 1 heterocycles. The van der Waals surface area contributed by atoms with Gasteiger partial charge in [-0.3, -0.25) is 4.79 Å². The molecule has 1 amide bonds. The first-order chi connectivity index (χ1) is 13.9. The van der Waals surface area contributed by atoms with E-state index in [2.05, 4.69) is 59.7 Å². The summed E-state index contributed by atoms with van der Waals surface area (Å²) in [6, 6.07) is 13.8. The molecule has 152 valence electrons. The number of nitrogens with one attached hydrogen (secondary N) is 1. The highest BCUT2D eigenvalue weighted by atomic mass is 32.1. The number of benzene rings is 2. The molecule has 3 rings (SSSR count). The van der Waals surface area contributed by atoms with Crippen LogP contribution in [-0.4, -0.2) is 21.8 Å². The van der Waals surface area contributed by atoms with Gasteiger partial charge in [0.25, 0.3) is 11.1 Å². The maximum Gasteiger partial charge on any atom is 0.298 e. The van der Waals surface area contributed by atoms with E-state index in [1.165, 1.54) is 17.1 Å². The summed E-state index contributed by atoms with van der Waals surface area (Å²) >= 11 is 1.22. The number of rotatable bonds is 8. The maximum atomic E-state index is 12.4. The van der Waals surface area contributed by atoms with Crippen molar-refractivity contribution in [3.63, 3.8) is 0 Å². The van der Waals surface area contributed by atoms with Crippen molar-refractivity contribution in [1.29, 1.82) is 0 Å². The first-order valence-electron chi connectivity index (χ1n) is 9.85. The molecule has 1 N–H and O–H groups in total. The molecule has 0 atom stereocenters. The highest BCUT2D eigenvalue weighted by Gasteiger charge is 2.12. The molecule has 2 aromatic carbocycles. The quantitative estimate of drug-likeness (QED) is 0.547. The van der Waals surface area contributed by atoms with E-state index in [0.717, 1.165) is 23.4 Å².